The fourth-order valence-corrected chi connectivity index (χ4v) is 2.54. The average molecular weight is 483 g/mol. The van der Waals surface area contributed by atoms with E-state index in [-0.39, 0.29) is 24.0 Å². The molecule has 0 aromatic heterocycles. The van der Waals surface area contributed by atoms with Crippen LogP contribution in [0.15, 0.2) is 53.5 Å². The highest BCUT2D eigenvalue weighted by Crippen LogP contribution is 2.17. The number of halogens is 1. The highest BCUT2D eigenvalue weighted by Gasteiger charge is 2.04. The maximum Gasteiger partial charge on any atom is 0.191 e. The van der Waals surface area contributed by atoms with Gasteiger partial charge in [0.05, 0.1) is 19.8 Å². The molecule has 6 heteroatoms. The van der Waals surface area contributed by atoms with E-state index in [1.54, 1.807) is 7.11 Å². The fraction of sp³-hybridized carbons (Fsp3) is 0.381. The van der Waals surface area contributed by atoms with Gasteiger partial charge in [-0.1, -0.05) is 42.5 Å². The third-order valence-corrected chi connectivity index (χ3v) is 3.82. The van der Waals surface area contributed by atoms with E-state index in [1.165, 1.54) is 0 Å². The molecule has 0 unspecified atom stereocenters. The van der Waals surface area contributed by atoms with Crippen LogP contribution in [0.1, 0.15) is 30.5 Å². The Bertz CT molecular complexity index is 690. The molecule has 0 fully saturated rings. The van der Waals surface area contributed by atoms with Crippen molar-refractivity contribution in [2.75, 3.05) is 20.3 Å². The van der Waals surface area contributed by atoms with Crippen LogP contribution in [0.5, 0.6) is 5.75 Å². The summed E-state index contributed by atoms with van der Waals surface area (Å²) in [6, 6.07) is 16.4. The fourth-order valence-electron chi connectivity index (χ4n) is 2.54. The number of methoxy groups -OCH3 is 1. The molecule has 0 spiro atoms. The van der Waals surface area contributed by atoms with Gasteiger partial charge in [-0.15, -0.1) is 24.0 Å². The molecule has 0 bridgehead atoms. The van der Waals surface area contributed by atoms with Crippen molar-refractivity contribution in [2.24, 2.45) is 4.99 Å². The van der Waals surface area contributed by atoms with Gasteiger partial charge in [0, 0.05) is 25.8 Å². The van der Waals surface area contributed by atoms with Crippen molar-refractivity contribution in [3.05, 3.63) is 65.2 Å². The van der Waals surface area contributed by atoms with E-state index < -0.39 is 0 Å². The minimum atomic E-state index is 0. The van der Waals surface area contributed by atoms with E-state index in [9.17, 15) is 0 Å². The first kappa shape index (κ1) is 23.2. The maximum atomic E-state index is 5.68. The normalized spacial score (nSPS) is 10.9. The van der Waals surface area contributed by atoms with Crippen LogP contribution < -0.4 is 15.4 Å². The minimum absolute atomic E-state index is 0. The predicted molar refractivity (Wildman–Crippen MR) is 122 cm³/mol. The number of para-hydroxylation sites is 1. The molecule has 0 atom stereocenters. The zero-order valence-corrected chi connectivity index (χ0v) is 18.7. The number of rotatable bonds is 9. The number of ether oxygens (including phenoxy) is 2. The molecule has 2 N–H and O–H groups in total. The quantitative estimate of drug-likeness (QED) is 0.321. The first-order valence-corrected chi connectivity index (χ1v) is 9.06. The van der Waals surface area contributed by atoms with E-state index in [1.807, 2.05) is 25.1 Å². The van der Waals surface area contributed by atoms with Crippen molar-refractivity contribution in [3.63, 3.8) is 0 Å². The first-order valence-electron chi connectivity index (χ1n) is 9.06. The Hall–Kier alpha value is -1.80. The lowest BCUT2D eigenvalue weighted by Gasteiger charge is -2.14. The molecule has 0 saturated carbocycles. The SMILES string of the molecule is CCNC(=NCc1ccc(COC)cc1)NCc1ccccc1OCC.I. The van der Waals surface area contributed by atoms with Crippen molar-refractivity contribution in [1.82, 2.24) is 10.6 Å². The second kappa shape index (κ2) is 13.4. The van der Waals surface area contributed by atoms with Crippen LogP contribution in [0.3, 0.4) is 0 Å². The summed E-state index contributed by atoms with van der Waals surface area (Å²) in [4.78, 5) is 4.67. The summed E-state index contributed by atoms with van der Waals surface area (Å²) in [5.41, 5.74) is 3.44. The van der Waals surface area contributed by atoms with E-state index in [0.717, 1.165) is 34.9 Å². The Morgan fingerprint density at radius 2 is 1.67 bits per heavy atom. The Balaban J connectivity index is 0.00000364. The van der Waals surface area contributed by atoms with Crippen molar-refractivity contribution in [3.8, 4) is 5.75 Å². The molecule has 2 rings (SSSR count). The van der Waals surface area contributed by atoms with Crippen LogP contribution in [-0.2, 0) is 24.4 Å². The molecule has 0 aliphatic rings. The lowest BCUT2D eigenvalue weighted by molar-refractivity contribution is 0.185. The van der Waals surface area contributed by atoms with Gasteiger partial charge >= 0.3 is 0 Å². The summed E-state index contributed by atoms with van der Waals surface area (Å²) >= 11 is 0. The molecular weight excluding hydrogens is 453 g/mol. The first-order chi connectivity index (χ1) is 12.8. The van der Waals surface area contributed by atoms with Crippen LogP contribution in [0, 0.1) is 0 Å². The molecule has 27 heavy (non-hydrogen) atoms. The summed E-state index contributed by atoms with van der Waals surface area (Å²) < 4.78 is 10.8. The summed E-state index contributed by atoms with van der Waals surface area (Å²) in [5, 5.41) is 6.66. The second-order valence-electron chi connectivity index (χ2n) is 5.84. The van der Waals surface area contributed by atoms with Crippen LogP contribution in [0.4, 0.5) is 0 Å². The van der Waals surface area contributed by atoms with E-state index in [0.29, 0.717) is 26.3 Å². The molecule has 0 radical (unpaired) electrons. The van der Waals surface area contributed by atoms with Crippen molar-refractivity contribution in [2.45, 2.75) is 33.5 Å². The summed E-state index contributed by atoms with van der Waals surface area (Å²) in [5.74, 6) is 1.70. The molecule has 5 nitrogen and oxygen atoms in total. The second-order valence-corrected chi connectivity index (χ2v) is 5.84. The van der Waals surface area contributed by atoms with Gasteiger partial charge < -0.3 is 20.1 Å². The number of aliphatic imine (C=N–C) groups is 1. The van der Waals surface area contributed by atoms with Crippen molar-refractivity contribution in [1.29, 1.82) is 0 Å². The maximum absolute atomic E-state index is 5.68. The summed E-state index contributed by atoms with van der Waals surface area (Å²) in [6.45, 7) is 7.44. The molecule has 2 aromatic carbocycles. The van der Waals surface area contributed by atoms with Gasteiger partial charge in [-0.25, -0.2) is 4.99 Å². The number of hydrogen-bond acceptors (Lipinski definition) is 3. The lowest BCUT2D eigenvalue weighted by Crippen LogP contribution is -2.36. The number of nitrogens with one attached hydrogen (secondary N) is 2. The standard InChI is InChI=1S/C21H29N3O2.HI/c1-4-22-21(23-14-17-10-12-18(13-11-17)16-25-3)24-15-19-8-6-7-9-20(19)26-5-2;/h6-13H,4-5,14-16H2,1-3H3,(H2,22,23,24);1H. The molecule has 148 valence electrons. The number of benzene rings is 2. The third-order valence-electron chi connectivity index (χ3n) is 3.82. The monoisotopic (exact) mass is 483 g/mol. The zero-order valence-electron chi connectivity index (χ0n) is 16.3. The summed E-state index contributed by atoms with van der Waals surface area (Å²) in [6.07, 6.45) is 0. The smallest absolute Gasteiger partial charge is 0.191 e. The highest BCUT2D eigenvalue weighted by molar-refractivity contribution is 14.0. The zero-order chi connectivity index (χ0) is 18.6. The van der Waals surface area contributed by atoms with Gasteiger partial charge in [-0.2, -0.15) is 0 Å². The Kier molecular flexibility index (Phi) is 11.5. The van der Waals surface area contributed by atoms with Crippen LogP contribution in [0.2, 0.25) is 0 Å². The van der Waals surface area contributed by atoms with Crippen LogP contribution in [0.25, 0.3) is 0 Å². The number of guanidine groups is 1. The van der Waals surface area contributed by atoms with E-state index >= 15 is 0 Å². The molecule has 0 amide bonds. The van der Waals surface area contributed by atoms with Gasteiger partial charge in [0.25, 0.3) is 0 Å². The molecule has 2 aromatic rings. The van der Waals surface area contributed by atoms with E-state index in [2.05, 4.69) is 52.9 Å². The third kappa shape index (κ3) is 8.17. The Morgan fingerprint density at radius 1 is 0.963 bits per heavy atom. The Labute approximate surface area is 179 Å². The number of hydrogen-bond donors (Lipinski definition) is 2. The summed E-state index contributed by atoms with van der Waals surface area (Å²) in [7, 11) is 1.70. The topological polar surface area (TPSA) is 54.9 Å². The van der Waals surface area contributed by atoms with Gasteiger partial charge in [0.2, 0.25) is 0 Å². The largest absolute Gasteiger partial charge is 0.494 e. The predicted octanol–water partition coefficient (Wildman–Crippen LogP) is 4.11. The lowest BCUT2D eigenvalue weighted by atomic mass is 10.1. The van der Waals surface area contributed by atoms with Gasteiger partial charge in [0.15, 0.2) is 5.96 Å². The minimum Gasteiger partial charge on any atom is -0.494 e. The van der Waals surface area contributed by atoms with Crippen LogP contribution in [-0.4, -0.2) is 26.2 Å². The van der Waals surface area contributed by atoms with Crippen LogP contribution >= 0.6 is 24.0 Å². The average Bonchev–Trinajstić information content (AvgIpc) is 2.67. The number of nitrogens with zero attached hydrogens (tertiary/aromatic N) is 1. The van der Waals surface area contributed by atoms with Gasteiger partial charge in [0.1, 0.15) is 5.75 Å². The molecule has 0 saturated heterocycles. The molecule has 0 heterocycles. The van der Waals surface area contributed by atoms with Gasteiger partial charge in [-0.05, 0) is 31.0 Å². The van der Waals surface area contributed by atoms with Crippen molar-refractivity contribution >= 4 is 29.9 Å². The molecule has 0 aliphatic carbocycles. The van der Waals surface area contributed by atoms with Crippen molar-refractivity contribution < 1.29 is 9.47 Å². The van der Waals surface area contributed by atoms with Gasteiger partial charge in [-0.3, -0.25) is 0 Å². The molecular formula is C21H30IN3O2. The Morgan fingerprint density at radius 3 is 2.33 bits per heavy atom. The highest BCUT2D eigenvalue weighted by atomic mass is 127. The molecule has 0 aliphatic heterocycles. The van der Waals surface area contributed by atoms with E-state index in [4.69, 9.17) is 9.47 Å².